The zero-order chi connectivity index (χ0) is 20.5. The summed E-state index contributed by atoms with van der Waals surface area (Å²) in [5.41, 5.74) is 1.07. The molecule has 0 unspecified atom stereocenters. The number of halogens is 2. The number of nitrogens with one attached hydrogen (secondary N) is 2. The van der Waals surface area contributed by atoms with Gasteiger partial charge in [0.05, 0.1) is 23.8 Å². The minimum absolute atomic E-state index is 0.180. The van der Waals surface area contributed by atoms with Gasteiger partial charge < -0.3 is 19.9 Å². The second-order valence-corrected chi connectivity index (χ2v) is 7.00. The lowest BCUT2D eigenvalue weighted by Gasteiger charge is -2.27. The molecule has 1 fully saturated rings. The Hall–Kier alpha value is -3.37. The highest BCUT2D eigenvalue weighted by molar-refractivity contribution is 6.33. The Bertz CT molecular complexity index is 1190. The van der Waals surface area contributed by atoms with Gasteiger partial charge in [-0.15, -0.1) is 0 Å². The van der Waals surface area contributed by atoms with E-state index in [-0.39, 0.29) is 16.4 Å². The number of morpholine rings is 1. The molecule has 0 radical (unpaired) electrons. The fourth-order valence-corrected chi connectivity index (χ4v) is 3.52. The summed E-state index contributed by atoms with van der Waals surface area (Å²) in [7, 11) is 0. The van der Waals surface area contributed by atoms with E-state index in [9.17, 15) is 4.39 Å². The van der Waals surface area contributed by atoms with Crippen LogP contribution in [0.1, 0.15) is 0 Å². The van der Waals surface area contributed by atoms with Crippen LogP contribution >= 0.6 is 11.6 Å². The van der Waals surface area contributed by atoms with Gasteiger partial charge in [-0.1, -0.05) is 17.7 Å². The smallest absolute Gasteiger partial charge is 0.183 e. The molecule has 0 amide bonds. The van der Waals surface area contributed by atoms with E-state index < -0.39 is 5.82 Å². The summed E-state index contributed by atoms with van der Waals surface area (Å²) < 4.78 is 19.7. The molecule has 1 saturated heterocycles. The Balaban J connectivity index is 1.49. The number of H-pyrrole nitrogens is 1. The van der Waals surface area contributed by atoms with Gasteiger partial charge in [0.2, 0.25) is 0 Å². The highest BCUT2D eigenvalue weighted by atomic mass is 35.5. The second kappa shape index (κ2) is 7.81. The Labute approximate surface area is 175 Å². The zero-order valence-corrected chi connectivity index (χ0v) is 16.4. The molecule has 1 aliphatic rings. The molecule has 1 aliphatic heterocycles. The van der Waals surface area contributed by atoms with Crippen LogP contribution in [0.25, 0.3) is 22.6 Å². The number of anilines is 3. The minimum Gasteiger partial charge on any atom is -0.378 e. The maximum Gasteiger partial charge on any atom is 0.183 e. The molecule has 0 aliphatic carbocycles. The Morgan fingerprint density at radius 1 is 1.10 bits per heavy atom. The van der Waals surface area contributed by atoms with Crippen LogP contribution in [0.4, 0.5) is 21.8 Å². The van der Waals surface area contributed by atoms with Crippen molar-refractivity contribution in [2.45, 2.75) is 0 Å². The van der Waals surface area contributed by atoms with Crippen LogP contribution in [0.3, 0.4) is 0 Å². The molecular formula is C19H16ClFN8O. The van der Waals surface area contributed by atoms with Crippen molar-refractivity contribution in [3.63, 3.8) is 0 Å². The molecule has 11 heteroatoms. The zero-order valence-electron chi connectivity index (χ0n) is 15.6. The molecular weight excluding hydrogens is 411 g/mol. The largest absolute Gasteiger partial charge is 0.378 e. The number of benzene rings is 1. The van der Waals surface area contributed by atoms with E-state index in [1.807, 2.05) is 6.07 Å². The first-order chi connectivity index (χ1) is 14.7. The Kier molecular flexibility index (Phi) is 4.85. The van der Waals surface area contributed by atoms with E-state index in [2.05, 4.69) is 40.1 Å². The van der Waals surface area contributed by atoms with Crippen molar-refractivity contribution in [1.82, 2.24) is 29.9 Å². The van der Waals surface area contributed by atoms with Crippen molar-refractivity contribution >= 4 is 40.2 Å². The number of ether oxygens (including phenoxy) is 1. The number of fused-ring (bicyclic) bond motifs is 1. The molecule has 5 rings (SSSR count). The molecule has 1 aromatic carbocycles. The van der Waals surface area contributed by atoms with Crippen LogP contribution < -0.4 is 10.2 Å². The van der Waals surface area contributed by atoms with Crippen LogP contribution in [-0.2, 0) is 4.74 Å². The summed E-state index contributed by atoms with van der Waals surface area (Å²) in [6.07, 6.45) is 2.87. The molecule has 4 heterocycles. The van der Waals surface area contributed by atoms with Gasteiger partial charge in [-0.3, -0.25) is 0 Å². The standard InChI is InChI=1S/C19H16ClFN8O/c20-11-2-1-3-12(21)15(11)17-27-16-18(24-10-25-19(16)28-17)26-13-8-14(23-9-22-13)29-4-6-30-7-5-29/h1-3,8-10H,4-7H2,(H2,22,23,24,25,26,27,28). The van der Waals surface area contributed by atoms with Crippen molar-refractivity contribution in [3.8, 4) is 11.4 Å². The number of aromatic amines is 1. The third-order valence-corrected chi connectivity index (χ3v) is 5.04. The first kappa shape index (κ1) is 18.6. The summed E-state index contributed by atoms with van der Waals surface area (Å²) in [4.78, 5) is 26.6. The maximum atomic E-state index is 14.3. The van der Waals surface area contributed by atoms with Gasteiger partial charge >= 0.3 is 0 Å². The number of nitrogens with zero attached hydrogens (tertiary/aromatic N) is 6. The molecule has 152 valence electrons. The van der Waals surface area contributed by atoms with E-state index in [1.165, 1.54) is 24.8 Å². The summed E-state index contributed by atoms with van der Waals surface area (Å²) in [5.74, 6) is 1.61. The van der Waals surface area contributed by atoms with Gasteiger partial charge in [0.25, 0.3) is 0 Å². The van der Waals surface area contributed by atoms with Crippen LogP contribution in [0.5, 0.6) is 0 Å². The summed E-state index contributed by atoms with van der Waals surface area (Å²) in [6.45, 7) is 2.85. The van der Waals surface area contributed by atoms with Crippen molar-refractivity contribution in [3.05, 3.63) is 47.8 Å². The quantitative estimate of drug-likeness (QED) is 0.512. The second-order valence-electron chi connectivity index (χ2n) is 6.59. The van der Waals surface area contributed by atoms with E-state index in [0.717, 1.165) is 18.9 Å². The van der Waals surface area contributed by atoms with E-state index >= 15 is 0 Å². The lowest BCUT2D eigenvalue weighted by atomic mass is 10.2. The third kappa shape index (κ3) is 3.51. The molecule has 0 atom stereocenters. The first-order valence-electron chi connectivity index (χ1n) is 9.26. The third-order valence-electron chi connectivity index (χ3n) is 4.72. The Morgan fingerprint density at radius 3 is 2.77 bits per heavy atom. The van der Waals surface area contributed by atoms with Crippen LogP contribution in [-0.4, -0.2) is 56.2 Å². The number of hydrogen-bond acceptors (Lipinski definition) is 8. The predicted octanol–water partition coefficient (Wildman–Crippen LogP) is 3.18. The van der Waals surface area contributed by atoms with Crippen molar-refractivity contribution < 1.29 is 9.13 Å². The lowest BCUT2D eigenvalue weighted by Crippen LogP contribution is -2.36. The van der Waals surface area contributed by atoms with Crippen molar-refractivity contribution in [2.75, 3.05) is 36.5 Å². The molecule has 2 N–H and O–H groups in total. The minimum atomic E-state index is -0.477. The van der Waals surface area contributed by atoms with Crippen molar-refractivity contribution in [1.29, 1.82) is 0 Å². The lowest BCUT2D eigenvalue weighted by molar-refractivity contribution is 0.122. The highest BCUT2D eigenvalue weighted by Crippen LogP contribution is 2.31. The molecule has 0 spiro atoms. The van der Waals surface area contributed by atoms with Gasteiger partial charge in [-0.25, -0.2) is 29.3 Å². The summed E-state index contributed by atoms with van der Waals surface area (Å²) >= 11 is 6.17. The summed E-state index contributed by atoms with van der Waals surface area (Å²) in [6, 6.07) is 6.31. The monoisotopic (exact) mass is 426 g/mol. The molecule has 0 saturated carbocycles. The molecule has 3 aromatic heterocycles. The molecule has 4 aromatic rings. The van der Waals surface area contributed by atoms with Gasteiger partial charge in [-0.2, -0.15) is 0 Å². The number of rotatable bonds is 4. The number of hydrogen-bond donors (Lipinski definition) is 2. The normalized spacial score (nSPS) is 14.3. The first-order valence-corrected chi connectivity index (χ1v) is 9.64. The van der Waals surface area contributed by atoms with E-state index in [0.29, 0.717) is 36.0 Å². The average Bonchev–Trinajstić information content (AvgIpc) is 3.19. The number of aromatic nitrogens is 6. The topological polar surface area (TPSA) is 105 Å². The molecule has 9 nitrogen and oxygen atoms in total. The van der Waals surface area contributed by atoms with Crippen LogP contribution in [0.2, 0.25) is 5.02 Å². The average molecular weight is 427 g/mol. The maximum absolute atomic E-state index is 14.3. The fourth-order valence-electron chi connectivity index (χ4n) is 3.27. The fraction of sp³-hybridized carbons (Fsp3) is 0.211. The van der Waals surface area contributed by atoms with Crippen LogP contribution in [0.15, 0.2) is 36.9 Å². The van der Waals surface area contributed by atoms with Gasteiger partial charge in [-0.05, 0) is 12.1 Å². The van der Waals surface area contributed by atoms with Crippen molar-refractivity contribution in [2.24, 2.45) is 0 Å². The number of imidazole rings is 1. The SMILES string of the molecule is Fc1cccc(Cl)c1-c1nc2ncnc(Nc3cc(N4CCOCC4)ncn3)c2[nH]1. The Morgan fingerprint density at radius 2 is 1.93 bits per heavy atom. The summed E-state index contributed by atoms with van der Waals surface area (Å²) in [5, 5.41) is 3.41. The predicted molar refractivity (Wildman–Crippen MR) is 110 cm³/mol. The molecule has 30 heavy (non-hydrogen) atoms. The van der Waals surface area contributed by atoms with E-state index in [1.54, 1.807) is 6.07 Å². The van der Waals surface area contributed by atoms with Gasteiger partial charge in [0.15, 0.2) is 11.5 Å². The van der Waals surface area contributed by atoms with E-state index in [4.69, 9.17) is 16.3 Å². The van der Waals surface area contributed by atoms with Gasteiger partial charge in [0.1, 0.15) is 41.4 Å². The highest BCUT2D eigenvalue weighted by Gasteiger charge is 2.18. The van der Waals surface area contributed by atoms with Gasteiger partial charge in [0, 0.05) is 19.2 Å². The molecule has 0 bridgehead atoms. The van der Waals surface area contributed by atoms with Crippen LogP contribution in [0, 0.1) is 5.82 Å².